The molecule has 3 atom stereocenters. The summed E-state index contributed by atoms with van der Waals surface area (Å²) in [5, 5.41) is 3.40. The highest BCUT2D eigenvalue weighted by molar-refractivity contribution is 7.88. The van der Waals surface area contributed by atoms with Crippen molar-refractivity contribution in [3.63, 3.8) is 0 Å². The van der Waals surface area contributed by atoms with E-state index >= 15 is 0 Å². The molecule has 1 saturated heterocycles. The molecule has 1 aliphatic heterocycles. The largest absolute Gasteiger partial charge is 0.493 e. The summed E-state index contributed by atoms with van der Waals surface area (Å²) in [6.45, 7) is 7.19. The quantitative estimate of drug-likeness (QED) is 0.347. The van der Waals surface area contributed by atoms with Gasteiger partial charge >= 0.3 is 0 Å². The van der Waals surface area contributed by atoms with Crippen molar-refractivity contribution in [2.45, 2.75) is 44.9 Å². The van der Waals surface area contributed by atoms with Crippen molar-refractivity contribution in [1.82, 2.24) is 10.0 Å². The van der Waals surface area contributed by atoms with Crippen LogP contribution in [0.4, 0.5) is 0 Å². The van der Waals surface area contributed by atoms with Crippen molar-refractivity contribution < 1.29 is 22.6 Å². The van der Waals surface area contributed by atoms with E-state index in [0.29, 0.717) is 31.6 Å². The highest BCUT2D eigenvalue weighted by Crippen LogP contribution is 2.32. The number of benzene rings is 2. The van der Waals surface area contributed by atoms with Gasteiger partial charge in [-0.15, -0.1) is 0 Å². The fourth-order valence-electron chi connectivity index (χ4n) is 4.81. The van der Waals surface area contributed by atoms with Crippen molar-refractivity contribution in [1.29, 1.82) is 0 Å². The van der Waals surface area contributed by atoms with Gasteiger partial charge in [-0.3, -0.25) is 0 Å². The van der Waals surface area contributed by atoms with E-state index in [1.54, 1.807) is 14.2 Å². The fraction of sp³-hybridized carbons (Fsp3) is 0.571. The second kappa shape index (κ2) is 14.0. The second-order valence-corrected chi connectivity index (χ2v) is 11.8. The second-order valence-electron chi connectivity index (χ2n) is 10.0. The average Bonchev–Trinajstić information content (AvgIpc) is 3.27. The minimum atomic E-state index is -3.42. The van der Waals surface area contributed by atoms with E-state index in [0.717, 1.165) is 42.9 Å². The Balaban J connectivity index is 1.64. The summed E-state index contributed by atoms with van der Waals surface area (Å²) in [7, 11) is -0.0825. The topological polar surface area (TPSA) is 85.9 Å². The van der Waals surface area contributed by atoms with Gasteiger partial charge in [-0.25, -0.2) is 13.1 Å². The number of rotatable bonds is 15. The molecule has 1 aliphatic rings. The molecule has 200 valence electrons. The third-order valence-electron chi connectivity index (χ3n) is 6.89. The zero-order valence-electron chi connectivity index (χ0n) is 22.0. The smallest absolute Gasteiger partial charge is 0.216 e. The molecule has 0 bridgehead atoms. The van der Waals surface area contributed by atoms with E-state index < -0.39 is 10.0 Å². The molecule has 8 heteroatoms. The zero-order valence-corrected chi connectivity index (χ0v) is 22.9. The van der Waals surface area contributed by atoms with E-state index in [9.17, 15) is 8.42 Å². The molecule has 2 aromatic rings. The first-order valence-electron chi connectivity index (χ1n) is 12.8. The molecule has 0 spiro atoms. The van der Waals surface area contributed by atoms with Crippen molar-refractivity contribution >= 4 is 10.0 Å². The highest BCUT2D eigenvalue weighted by Gasteiger charge is 2.33. The van der Waals surface area contributed by atoms with E-state index in [2.05, 4.69) is 36.0 Å². The molecular formula is C28H42N2O5S. The van der Waals surface area contributed by atoms with Crippen LogP contribution in [0.3, 0.4) is 0 Å². The Morgan fingerprint density at radius 2 is 1.78 bits per heavy atom. The third-order valence-corrected chi connectivity index (χ3v) is 8.27. The van der Waals surface area contributed by atoms with Crippen LogP contribution < -0.4 is 19.5 Å². The summed E-state index contributed by atoms with van der Waals surface area (Å²) in [6.07, 6.45) is 2.66. The van der Waals surface area contributed by atoms with Gasteiger partial charge in [0.05, 0.1) is 19.5 Å². The van der Waals surface area contributed by atoms with Gasteiger partial charge < -0.3 is 19.5 Å². The van der Waals surface area contributed by atoms with E-state index in [-0.39, 0.29) is 17.7 Å². The fourth-order valence-corrected chi connectivity index (χ4v) is 6.27. The number of nitrogens with one attached hydrogen (secondary N) is 2. The maximum atomic E-state index is 12.9. The molecule has 0 aliphatic carbocycles. The number of hydrogen-bond donors (Lipinski definition) is 2. The molecule has 7 nitrogen and oxygen atoms in total. The highest BCUT2D eigenvalue weighted by atomic mass is 32.2. The van der Waals surface area contributed by atoms with Crippen LogP contribution in [0.25, 0.3) is 0 Å². The van der Waals surface area contributed by atoms with E-state index in [4.69, 9.17) is 14.2 Å². The van der Waals surface area contributed by atoms with Crippen LogP contribution in [0.15, 0.2) is 48.5 Å². The third kappa shape index (κ3) is 8.76. The van der Waals surface area contributed by atoms with Crippen molar-refractivity contribution in [3.05, 3.63) is 59.7 Å². The molecule has 0 saturated carbocycles. The normalized spacial score (nSPS) is 18.9. The Kier molecular flexibility index (Phi) is 11.0. The van der Waals surface area contributed by atoms with E-state index in [1.807, 2.05) is 36.4 Å². The Bertz CT molecular complexity index is 1030. The summed E-state index contributed by atoms with van der Waals surface area (Å²) in [5.74, 6) is 2.59. The Morgan fingerprint density at radius 3 is 2.47 bits per heavy atom. The van der Waals surface area contributed by atoms with Crippen molar-refractivity contribution in [2.75, 3.05) is 40.5 Å². The molecule has 3 rings (SSSR count). The zero-order chi connectivity index (χ0) is 26.0. The first kappa shape index (κ1) is 28.4. The maximum absolute atomic E-state index is 12.9. The summed E-state index contributed by atoms with van der Waals surface area (Å²) in [5.41, 5.74) is 2.00. The maximum Gasteiger partial charge on any atom is 0.216 e. The van der Waals surface area contributed by atoms with Gasteiger partial charge in [0.15, 0.2) is 11.5 Å². The standard InChI is InChI=1S/C28H42N2O5S/c1-21(2)24(15-23-11-12-27(34-4)28(16-23)35-14-8-13-33-3)17-25-18-29-19-26(25)30-36(31,32)20-22-9-6-5-7-10-22/h5-7,9-12,16,21,24-26,29-30H,8,13-15,17-20H2,1-4H3/t24-,25?,26?/m0/s1. The Hall–Kier alpha value is -2.13. The molecule has 0 aromatic heterocycles. The molecule has 1 fully saturated rings. The molecule has 2 unspecified atom stereocenters. The van der Waals surface area contributed by atoms with Crippen molar-refractivity contribution in [2.24, 2.45) is 17.8 Å². The lowest BCUT2D eigenvalue weighted by molar-refractivity contribution is 0.170. The lowest BCUT2D eigenvalue weighted by atomic mass is 9.81. The predicted octanol–water partition coefficient (Wildman–Crippen LogP) is 4.02. The van der Waals surface area contributed by atoms with Gasteiger partial charge in [0.2, 0.25) is 10.0 Å². The van der Waals surface area contributed by atoms with Gasteiger partial charge in [-0.1, -0.05) is 50.2 Å². The molecule has 2 aromatic carbocycles. The van der Waals surface area contributed by atoms with Crippen LogP contribution in [0, 0.1) is 17.8 Å². The van der Waals surface area contributed by atoms with Gasteiger partial charge in [0.1, 0.15) is 0 Å². The Morgan fingerprint density at radius 1 is 1.00 bits per heavy atom. The molecule has 2 N–H and O–H groups in total. The minimum absolute atomic E-state index is 0.00365. The summed E-state index contributed by atoms with van der Waals surface area (Å²) >= 11 is 0. The lowest BCUT2D eigenvalue weighted by Gasteiger charge is -2.28. The Labute approximate surface area is 217 Å². The SMILES string of the molecule is COCCCOc1cc(C[C@@H](CC2CNCC2NS(=O)(=O)Cc2ccccc2)C(C)C)ccc1OC. The van der Waals surface area contributed by atoms with Gasteiger partial charge in [0, 0.05) is 32.7 Å². The predicted molar refractivity (Wildman–Crippen MR) is 144 cm³/mol. The number of hydrogen-bond acceptors (Lipinski definition) is 6. The first-order valence-corrected chi connectivity index (χ1v) is 14.5. The molecule has 1 heterocycles. The number of methoxy groups -OCH3 is 2. The van der Waals surface area contributed by atoms with E-state index in [1.165, 1.54) is 5.56 Å². The van der Waals surface area contributed by atoms with Crippen molar-refractivity contribution in [3.8, 4) is 11.5 Å². The first-order chi connectivity index (χ1) is 17.3. The molecule has 0 amide bonds. The summed E-state index contributed by atoms with van der Waals surface area (Å²) < 4.78 is 45.3. The van der Waals surface area contributed by atoms with Crippen LogP contribution in [0.2, 0.25) is 0 Å². The molecular weight excluding hydrogens is 476 g/mol. The lowest BCUT2D eigenvalue weighted by Crippen LogP contribution is -2.41. The number of ether oxygens (including phenoxy) is 3. The summed E-state index contributed by atoms with van der Waals surface area (Å²) in [6, 6.07) is 15.4. The van der Waals surface area contributed by atoms with Crippen LogP contribution in [-0.4, -0.2) is 55.0 Å². The summed E-state index contributed by atoms with van der Waals surface area (Å²) in [4.78, 5) is 0. The van der Waals surface area contributed by atoms with Crippen LogP contribution in [0.1, 0.15) is 37.8 Å². The monoisotopic (exact) mass is 518 g/mol. The minimum Gasteiger partial charge on any atom is -0.493 e. The van der Waals surface area contributed by atoms with Crippen LogP contribution >= 0.6 is 0 Å². The number of sulfonamides is 1. The average molecular weight is 519 g/mol. The van der Waals surface area contributed by atoms with Crippen LogP contribution in [-0.2, 0) is 26.9 Å². The van der Waals surface area contributed by atoms with Gasteiger partial charge in [0.25, 0.3) is 0 Å². The van der Waals surface area contributed by atoms with Crippen LogP contribution in [0.5, 0.6) is 11.5 Å². The van der Waals surface area contributed by atoms with Gasteiger partial charge in [-0.05, 0) is 60.4 Å². The molecule has 36 heavy (non-hydrogen) atoms. The molecule has 0 radical (unpaired) electrons. The van der Waals surface area contributed by atoms with Gasteiger partial charge in [-0.2, -0.15) is 0 Å².